The molecule has 0 aromatic rings. The van der Waals surface area contributed by atoms with Crippen molar-refractivity contribution in [2.75, 3.05) is 13.2 Å². The predicted molar refractivity (Wildman–Crippen MR) is 343 cm³/mol. The number of aliphatic hydroxyl groups excluding tert-OH is 2. The van der Waals surface area contributed by atoms with Gasteiger partial charge in [0.15, 0.2) is 0 Å². The fraction of sp³-hybridized carbons (Fsp3) is 0.917. The molecule has 0 fully saturated rings. The Morgan fingerprint density at radius 2 is 0.603 bits per heavy atom. The number of hydrogen-bond donors (Lipinski definition) is 3. The van der Waals surface area contributed by atoms with Gasteiger partial charge in [-0.1, -0.05) is 334 Å². The summed E-state index contributed by atoms with van der Waals surface area (Å²) in [6, 6.07) is -0.547. The maximum atomic E-state index is 12.5. The third-order valence-electron chi connectivity index (χ3n) is 16.7. The van der Waals surface area contributed by atoms with Crippen molar-refractivity contribution >= 4 is 11.9 Å². The van der Waals surface area contributed by atoms with Gasteiger partial charge in [-0.2, -0.15) is 0 Å². The molecule has 2 unspecified atom stereocenters. The van der Waals surface area contributed by atoms with Gasteiger partial charge in [0, 0.05) is 12.8 Å². The number of carbonyl (C=O) groups excluding carboxylic acids is 2. The van der Waals surface area contributed by atoms with E-state index < -0.39 is 12.1 Å². The van der Waals surface area contributed by atoms with Crippen molar-refractivity contribution in [2.45, 2.75) is 411 Å². The van der Waals surface area contributed by atoms with Crippen molar-refractivity contribution in [2.24, 2.45) is 0 Å². The molecule has 0 rings (SSSR count). The number of hydrogen-bond acceptors (Lipinski definition) is 5. The summed E-state index contributed by atoms with van der Waals surface area (Å²) in [5.74, 6) is -0.0323. The van der Waals surface area contributed by atoms with Crippen LogP contribution in [-0.2, 0) is 14.3 Å². The van der Waals surface area contributed by atoms with Gasteiger partial charge in [-0.15, -0.1) is 0 Å². The third kappa shape index (κ3) is 63.5. The molecule has 6 nitrogen and oxygen atoms in total. The normalized spacial score (nSPS) is 12.6. The molecule has 3 N–H and O–H groups in total. The van der Waals surface area contributed by atoms with Crippen molar-refractivity contribution in [3.63, 3.8) is 0 Å². The minimum absolute atomic E-state index is 0.00453. The molecular weight excluding hydrogens is 959 g/mol. The molecule has 6 heteroatoms. The van der Waals surface area contributed by atoms with E-state index in [0.717, 1.165) is 44.9 Å². The molecule has 0 saturated carbocycles. The van der Waals surface area contributed by atoms with E-state index in [-0.39, 0.29) is 18.5 Å². The average Bonchev–Trinajstić information content (AvgIpc) is 3.44. The summed E-state index contributed by atoms with van der Waals surface area (Å²) in [6.45, 7) is 4.98. The number of carbonyl (C=O) groups is 2. The zero-order chi connectivity index (χ0) is 56.4. The molecule has 0 bridgehead atoms. The van der Waals surface area contributed by atoms with Crippen LogP contribution in [0, 0.1) is 0 Å². The average molecular weight is 1100 g/mol. The number of ether oxygens (including phenoxy) is 1. The highest BCUT2D eigenvalue weighted by molar-refractivity contribution is 5.76. The van der Waals surface area contributed by atoms with E-state index in [1.807, 2.05) is 0 Å². The molecule has 2 atom stereocenters. The van der Waals surface area contributed by atoms with Crippen LogP contribution in [0.1, 0.15) is 399 Å². The van der Waals surface area contributed by atoms with E-state index in [0.29, 0.717) is 25.9 Å². The van der Waals surface area contributed by atoms with E-state index in [1.165, 1.54) is 321 Å². The summed E-state index contributed by atoms with van der Waals surface area (Å²) in [4.78, 5) is 24.6. The summed E-state index contributed by atoms with van der Waals surface area (Å²) in [6.07, 6.45) is 85.1. The van der Waals surface area contributed by atoms with E-state index in [4.69, 9.17) is 4.74 Å². The van der Waals surface area contributed by atoms with Crippen LogP contribution in [0.4, 0.5) is 0 Å². The maximum Gasteiger partial charge on any atom is 0.305 e. The molecule has 0 radical (unpaired) electrons. The van der Waals surface area contributed by atoms with Gasteiger partial charge in [-0.25, -0.2) is 0 Å². The Balaban J connectivity index is 3.41. The van der Waals surface area contributed by atoms with Gasteiger partial charge in [0.25, 0.3) is 0 Å². The molecule has 0 heterocycles. The molecule has 0 aromatic heterocycles. The highest BCUT2D eigenvalue weighted by Gasteiger charge is 2.20. The SMILES string of the molecule is CCCCCCCC/C=C\CCCCCCCC(=O)OCCCCCCCCCCCCCC/C=C\CCCCCCCCCC(=O)NC(CO)C(O)CCCCCCCCCCCCCCCCCCCCCCCCC. The minimum atomic E-state index is -0.670. The summed E-state index contributed by atoms with van der Waals surface area (Å²) in [5.41, 5.74) is 0. The summed E-state index contributed by atoms with van der Waals surface area (Å²) < 4.78 is 5.49. The molecule has 0 aliphatic rings. The van der Waals surface area contributed by atoms with E-state index in [1.54, 1.807) is 0 Å². The zero-order valence-electron chi connectivity index (χ0n) is 52.9. The van der Waals surface area contributed by atoms with Crippen LogP contribution >= 0.6 is 0 Å². The fourth-order valence-electron chi connectivity index (χ4n) is 11.3. The smallest absolute Gasteiger partial charge is 0.305 e. The zero-order valence-corrected chi connectivity index (χ0v) is 52.9. The minimum Gasteiger partial charge on any atom is -0.466 e. The first kappa shape index (κ1) is 76.3. The Hall–Kier alpha value is -1.66. The first-order chi connectivity index (χ1) is 38.5. The van der Waals surface area contributed by atoms with Gasteiger partial charge < -0.3 is 20.3 Å². The van der Waals surface area contributed by atoms with Crippen molar-refractivity contribution in [3.8, 4) is 0 Å². The second-order valence-electron chi connectivity index (χ2n) is 24.6. The second-order valence-corrected chi connectivity index (χ2v) is 24.6. The Labute approximate surface area is 488 Å². The van der Waals surface area contributed by atoms with Gasteiger partial charge in [-0.3, -0.25) is 9.59 Å². The number of esters is 1. The lowest BCUT2D eigenvalue weighted by Gasteiger charge is -2.22. The van der Waals surface area contributed by atoms with Gasteiger partial charge in [0.05, 0.1) is 25.4 Å². The monoisotopic (exact) mass is 1100 g/mol. The lowest BCUT2D eigenvalue weighted by atomic mass is 10.0. The number of rotatable bonds is 67. The van der Waals surface area contributed by atoms with Crippen molar-refractivity contribution in [1.82, 2.24) is 5.32 Å². The number of allylic oxidation sites excluding steroid dienone is 4. The summed E-state index contributed by atoms with van der Waals surface area (Å²) in [7, 11) is 0. The van der Waals surface area contributed by atoms with Crippen LogP contribution in [-0.4, -0.2) is 47.4 Å². The van der Waals surface area contributed by atoms with Crippen molar-refractivity contribution in [3.05, 3.63) is 24.3 Å². The van der Waals surface area contributed by atoms with E-state index in [9.17, 15) is 19.8 Å². The van der Waals surface area contributed by atoms with Crippen LogP contribution < -0.4 is 5.32 Å². The standard InChI is InChI=1S/C72H139NO5/c1-3-5-7-9-11-13-15-17-19-20-21-22-24-27-30-33-37-40-44-48-52-56-60-64-70(75)69(68-74)73-71(76)65-61-57-53-49-45-41-38-34-31-28-25-23-26-29-32-35-39-43-47-51-55-59-63-67-78-72(77)66-62-58-54-50-46-42-36-18-16-14-12-10-8-6-4-2/h18,28,31,36,69-70,74-75H,3-17,19-27,29-30,32-35,37-68H2,1-2H3,(H,73,76)/b31-28-,36-18-. The molecule has 0 aliphatic carbocycles. The van der Waals surface area contributed by atoms with Gasteiger partial charge in [-0.05, 0) is 77.0 Å². The highest BCUT2D eigenvalue weighted by Crippen LogP contribution is 2.19. The molecule has 0 aliphatic heterocycles. The molecule has 78 heavy (non-hydrogen) atoms. The van der Waals surface area contributed by atoms with Crippen LogP contribution in [0.3, 0.4) is 0 Å². The van der Waals surface area contributed by atoms with E-state index >= 15 is 0 Å². The highest BCUT2D eigenvalue weighted by atomic mass is 16.5. The van der Waals surface area contributed by atoms with Gasteiger partial charge in [0.1, 0.15) is 0 Å². The van der Waals surface area contributed by atoms with Crippen molar-refractivity contribution in [1.29, 1.82) is 0 Å². The number of aliphatic hydroxyl groups is 2. The Morgan fingerprint density at radius 1 is 0.346 bits per heavy atom. The van der Waals surface area contributed by atoms with Crippen LogP contribution in [0.2, 0.25) is 0 Å². The van der Waals surface area contributed by atoms with Gasteiger partial charge >= 0.3 is 5.97 Å². The second kappa shape index (κ2) is 67.8. The van der Waals surface area contributed by atoms with Crippen LogP contribution in [0.5, 0.6) is 0 Å². The molecule has 1 amide bonds. The third-order valence-corrected chi connectivity index (χ3v) is 16.7. The first-order valence-electron chi connectivity index (χ1n) is 35.6. The van der Waals surface area contributed by atoms with Crippen LogP contribution in [0.15, 0.2) is 24.3 Å². The number of nitrogens with one attached hydrogen (secondary N) is 1. The predicted octanol–water partition coefficient (Wildman–Crippen LogP) is 22.9. The molecular formula is C72H139NO5. The number of unbranched alkanes of at least 4 members (excludes halogenated alkanes) is 52. The number of amides is 1. The lowest BCUT2D eigenvalue weighted by Crippen LogP contribution is -2.45. The maximum absolute atomic E-state index is 12.5. The Bertz CT molecular complexity index is 1220. The summed E-state index contributed by atoms with van der Waals surface area (Å²) in [5, 5.41) is 23.4. The summed E-state index contributed by atoms with van der Waals surface area (Å²) >= 11 is 0. The molecule has 0 spiro atoms. The van der Waals surface area contributed by atoms with Gasteiger partial charge in [0.2, 0.25) is 5.91 Å². The topological polar surface area (TPSA) is 95.9 Å². The Morgan fingerprint density at radius 3 is 0.910 bits per heavy atom. The fourth-order valence-corrected chi connectivity index (χ4v) is 11.3. The van der Waals surface area contributed by atoms with E-state index in [2.05, 4.69) is 43.5 Å². The molecule has 462 valence electrons. The first-order valence-corrected chi connectivity index (χ1v) is 35.6. The lowest BCUT2D eigenvalue weighted by molar-refractivity contribution is -0.143. The van der Waals surface area contributed by atoms with Crippen LogP contribution in [0.25, 0.3) is 0 Å². The Kier molecular flexibility index (Phi) is 66.4. The molecule has 0 saturated heterocycles. The quantitative estimate of drug-likeness (QED) is 0.0320. The van der Waals surface area contributed by atoms with Crippen molar-refractivity contribution < 1.29 is 24.5 Å². The molecule has 0 aromatic carbocycles. The largest absolute Gasteiger partial charge is 0.466 e.